The average molecular weight is 2180 g/mol. The average Bonchev–Trinajstić information content (AvgIpc) is 0.914. The van der Waals surface area contributed by atoms with Crippen LogP contribution in [0.5, 0.6) is 0 Å². The van der Waals surface area contributed by atoms with E-state index in [0.29, 0.717) is 24.3 Å². The van der Waals surface area contributed by atoms with Gasteiger partial charge in [0.1, 0.15) is 91.6 Å². The summed E-state index contributed by atoms with van der Waals surface area (Å²) in [6.07, 6.45) is -7.87. The van der Waals surface area contributed by atoms with Crippen molar-refractivity contribution in [3.63, 3.8) is 0 Å². The Bertz CT molecular complexity index is 5000. The molecular formula is C101H161BrO23S4Si8. The fourth-order valence-corrected chi connectivity index (χ4v) is 28.3. The van der Waals surface area contributed by atoms with E-state index in [1.165, 1.54) is 51.7 Å². The lowest BCUT2D eigenvalue weighted by Crippen LogP contribution is -2.69. The minimum absolute atomic E-state index is 0.326. The van der Waals surface area contributed by atoms with Gasteiger partial charge in [-0.05, 0) is 283 Å². The SMILES string of the molecule is CCc1ccc(Cc2cccc(Br)c2)s1.CCc1ccc(Cc2cccc(C3(O)O[C@H](CO[Si](C)(C)C)[C@@H](O[Si](C)(C)C)[C@H](O[Si](C)(C)C)[C@H]3O[Si](C)(C)C)c2)s1.CCc1ccc(Cc2cccc(C3(OC)O[C@H](CO)[C@@H](O)[C@H](O)[C@H]3O)c2)s1.CCc1ccc(Cc2cccc([C@@H]3O[C@H](CO)[C@@H](O)[C@H](O)[C@H]3O)c2)s1.C[Si](C)(C)OC[C@H]1OC(=O)[C@H](O[Si](C)(C)C)[C@@H](O[Si](C)(C)C)[C@@H]1O[Si](C)(C)C. The van der Waals surface area contributed by atoms with Crippen molar-refractivity contribution in [1.82, 2.24) is 0 Å². The highest BCUT2D eigenvalue weighted by Gasteiger charge is 2.61. The molecule has 0 spiro atoms. The van der Waals surface area contributed by atoms with Crippen LogP contribution in [0.3, 0.4) is 0 Å². The fourth-order valence-electron chi connectivity index (χ4n) is 16.1. The van der Waals surface area contributed by atoms with Crippen LogP contribution in [-0.4, -0.2) is 250 Å². The third kappa shape index (κ3) is 36.9. The molecule has 9 N–H and O–H groups in total. The number of aliphatic hydroxyl groups excluding tert-OH is 8. The van der Waals surface area contributed by atoms with Crippen molar-refractivity contribution in [2.75, 3.05) is 33.5 Å². The first-order valence-corrected chi connectivity index (χ1v) is 79.4. The maximum atomic E-state index is 12.9. The van der Waals surface area contributed by atoms with E-state index in [1.807, 2.05) is 77.3 Å². The smallest absolute Gasteiger partial charge is 0.337 e. The van der Waals surface area contributed by atoms with E-state index in [0.717, 1.165) is 78.1 Å². The molecule has 4 fully saturated rings. The number of ether oxygens (including phenoxy) is 5. The summed E-state index contributed by atoms with van der Waals surface area (Å²) in [6, 6.07) is 49.1. The molecule has 0 aliphatic carbocycles. The number of methoxy groups -OCH3 is 1. The first kappa shape index (κ1) is 119. The summed E-state index contributed by atoms with van der Waals surface area (Å²) < 4.78 is 83.3. The van der Waals surface area contributed by atoms with Crippen molar-refractivity contribution < 1.29 is 110 Å². The van der Waals surface area contributed by atoms with E-state index in [-0.39, 0.29) is 12.1 Å². The van der Waals surface area contributed by atoms with Crippen LogP contribution in [0, 0.1) is 0 Å². The van der Waals surface area contributed by atoms with Gasteiger partial charge in [0.05, 0.1) is 26.4 Å². The molecule has 4 aromatic heterocycles. The predicted octanol–water partition coefficient (Wildman–Crippen LogP) is 19.6. The zero-order chi connectivity index (χ0) is 102. The molecule has 4 aromatic carbocycles. The summed E-state index contributed by atoms with van der Waals surface area (Å²) >= 11 is 10.8. The van der Waals surface area contributed by atoms with Crippen LogP contribution in [0.4, 0.5) is 0 Å². The van der Waals surface area contributed by atoms with E-state index < -0.39 is 189 Å². The Morgan fingerprint density at radius 3 is 1.14 bits per heavy atom. The van der Waals surface area contributed by atoms with Gasteiger partial charge in [0.25, 0.3) is 0 Å². The van der Waals surface area contributed by atoms with Crippen molar-refractivity contribution in [2.45, 2.75) is 352 Å². The molecule has 137 heavy (non-hydrogen) atoms. The van der Waals surface area contributed by atoms with Crippen molar-refractivity contribution >= 4 is 134 Å². The molecule has 4 aliphatic rings. The first-order valence-electron chi connectivity index (χ1n) is 48.1. The second kappa shape index (κ2) is 51.2. The van der Waals surface area contributed by atoms with Crippen LogP contribution in [0.2, 0.25) is 157 Å². The molecule has 0 radical (unpaired) electrons. The summed E-state index contributed by atoms with van der Waals surface area (Å²) in [4.78, 5) is 23.7. The van der Waals surface area contributed by atoms with E-state index in [1.54, 1.807) is 28.7 Å². The van der Waals surface area contributed by atoms with Gasteiger partial charge in [0.2, 0.25) is 11.6 Å². The highest BCUT2D eigenvalue weighted by Crippen LogP contribution is 2.46. The van der Waals surface area contributed by atoms with Gasteiger partial charge < -0.3 is 105 Å². The standard InChI is InChI=1S/C31H56O6SSi4.C20H26O6S.C19H24O5S.C18H42O6Si4.C13H13BrS/c1-14-25-18-19-26(38-25)21-23-16-15-17-24(20-23)31(32)30(37-42(11,12)13)29(36-41(8,9)10)28(35-40(5,6)7)27(34-31)22-33-39(2,3)4;1-3-14-7-8-15(27-14)10-12-5-4-6-13(9-12)20(25-2)19(24)18(23)17(22)16(11-21)26-20;1-2-13-6-7-14(25-13)9-11-4-3-5-12(8-11)19-18(23)17(22)16(21)15(10-20)24-19;1-25(2,3)20-13-14-15(22-26(4,5)6)16(23-27(7,8)9)17(18(19)21-14)24-28(10,11)12;1-2-12-6-7-13(15-12)9-10-4-3-5-11(14)8-10/h15-20,27-30,32H,14,21-22H2,1-13H3;4-9,16-19,21-24H,3,10-11H2,1-2H3;3-8,15-23H,2,9-10H2,1H3;14-17H,13H2,1-12H3;3-8H,2,9H2,1H3/t27-,28-,29+,30-,31?;16-,17-,18+,19-,20?;15-,16-,17+,18-,19+;14-,15-,16+,17-;/m1111./s1. The predicted molar refractivity (Wildman–Crippen MR) is 577 cm³/mol. The van der Waals surface area contributed by atoms with Gasteiger partial charge in [0, 0.05) is 87.4 Å². The summed E-state index contributed by atoms with van der Waals surface area (Å²) in [5, 5.41) is 92.6. The zero-order valence-corrected chi connectivity index (χ0v) is 99.3. The molecular weight excluding hydrogens is 2010 g/mol. The maximum Gasteiger partial charge on any atom is 0.337 e. The maximum absolute atomic E-state index is 12.9. The van der Waals surface area contributed by atoms with E-state index in [2.05, 4.69) is 286 Å². The molecule has 0 amide bonds. The van der Waals surface area contributed by atoms with Crippen LogP contribution in [0.25, 0.3) is 0 Å². The monoisotopic (exact) mass is 2170 g/mol. The molecule has 19 atom stereocenters. The Labute approximate surface area is 849 Å². The van der Waals surface area contributed by atoms with Crippen LogP contribution in [0.1, 0.15) is 112 Å². The number of benzene rings is 4. The number of aryl methyl sites for hydroxylation is 4. The summed E-state index contributed by atoms with van der Waals surface area (Å²) in [7, 11) is -14.6. The lowest BCUT2D eigenvalue weighted by molar-refractivity contribution is -0.366. The topological polar surface area (TPSA) is 319 Å². The molecule has 0 saturated carbocycles. The molecule has 8 heterocycles. The quantitative estimate of drug-likeness (QED) is 0.0130. The lowest BCUT2D eigenvalue weighted by atomic mass is 9.87. The van der Waals surface area contributed by atoms with Gasteiger partial charge in [-0.2, -0.15) is 0 Å². The van der Waals surface area contributed by atoms with Gasteiger partial charge >= 0.3 is 5.97 Å². The zero-order valence-electron chi connectivity index (χ0n) is 86.4. The van der Waals surface area contributed by atoms with Gasteiger partial charge in [-0.15, -0.1) is 45.3 Å². The first-order chi connectivity index (χ1) is 63.6. The number of esters is 1. The molecule has 4 saturated heterocycles. The second-order valence-electron chi connectivity index (χ2n) is 43.5. The number of carbonyl (C=O) groups excluding carboxylic acids is 1. The number of cyclic esters (lactones) is 1. The van der Waals surface area contributed by atoms with E-state index in [4.69, 9.17) is 59.1 Å². The normalized spacial score (nSPS) is 26.4. The third-order valence-electron chi connectivity index (χ3n) is 22.2. The summed E-state index contributed by atoms with van der Waals surface area (Å²) in [6.45, 7) is 59.8. The number of halogens is 1. The highest BCUT2D eigenvalue weighted by molar-refractivity contribution is 9.10. The van der Waals surface area contributed by atoms with Crippen molar-refractivity contribution in [2.24, 2.45) is 0 Å². The van der Waals surface area contributed by atoms with Crippen molar-refractivity contribution in [3.8, 4) is 0 Å². The lowest BCUT2D eigenvalue weighted by Gasteiger charge is -2.54. The van der Waals surface area contributed by atoms with Crippen LogP contribution >= 0.6 is 61.3 Å². The third-order valence-corrected chi connectivity index (χ3v) is 35.6. The molecule has 766 valence electrons. The number of hydrogen-bond acceptors (Lipinski definition) is 27. The Morgan fingerprint density at radius 2 is 0.737 bits per heavy atom. The minimum Gasteiger partial charge on any atom is -0.455 e. The van der Waals surface area contributed by atoms with Gasteiger partial charge in [-0.25, -0.2) is 4.79 Å². The number of carbonyl (C=O) groups is 1. The van der Waals surface area contributed by atoms with Crippen LogP contribution < -0.4 is 0 Å². The van der Waals surface area contributed by atoms with Crippen LogP contribution in [0.15, 0.2) is 150 Å². The fraction of sp³-hybridized carbons (Fsp3) is 0.594. The Morgan fingerprint density at radius 1 is 0.372 bits per heavy atom. The number of hydrogen-bond donors (Lipinski definition) is 9. The number of rotatable bonds is 36. The van der Waals surface area contributed by atoms with Gasteiger partial charge in [-0.1, -0.05) is 116 Å². The number of aliphatic hydroxyl groups is 9. The molecule has 8 aromatic rings. The molecule has 23 nitrogen and oxygen atoms in total. The Hall–Kier alpha value is -3.47. The highest BCUT2D eigenvalue weighted by atomic mass is 79.9. The Kier molecular flexibility index (Phi) is 44.4. The summed E-state index contributed by atoms with van der Waals surface area (Å²) in [5.41, 5.74) is 6.51. The molecule has 2 unspecified atom stereocenters. The van der Waals surface area contributed by atoms with Crippen molar-refractivity contribution in [3.05, 3.63) is 228 Å². The molecule has 12 rings (SSSR count). The van der Waals surface area contributed by atoms with E-state index in [9.17, 15) is 50.8 Å². The largest absolute Gasteiger partial charge is 0.455 e. The summed E-state index contributed by atoms with van der Waals surface area (Å²) in [5.74, 6) is -3.77. The minimum atomic E-state index is -2.19. The van der Waals surface area contributed by atoms with Crippen LogP contribution in [-0.2, 0) is 127 Å². The molecule has 4 aliphatic heterocycles. The molecule has 0 bridgehead atoms. The Balaban J connectivity index is 0.000000217. The van der Waals surface area contributed by atoms with Crippen molar-refractivity contribution in [1.29, 1.82) is 0 Å². The number of thiophene rings is 4. The van der Waals surface area contributed by atoms with Gasteiger partial charge in [0.15, 0.2) is 78.7 Å². The molecule has 36 heteroatoms. The second-order valence-corrected chi connectivity index (χ2v) is 85.2. The van der Waals surface area contributed by atoms with E-state index >= 15 is 0 Å². The van der Waals surface area contributed by atoms with Gasteiger partial charge in [-0.3, -0.25) is 0 Å².